The van der Waals surface area contributed by atoms with Crippen molar-refractivity contribution in [2.45, 2.75) is 76.7 Å². The lowest BCUT2D eigenvalue weighted by Gasteiger charge is -2.50. The highest BCUT2D eigenvalue weighted by molar-refractivity contribution is 5.68. The highest BCUT2D eigenvalue weighted by Crippen LogP contribution is 2.42. The minimum Gasteiger partial charge on any atom is -0.444 e. The van der Waals surface area contributed by atoms with Crippen LogP contribution in [-0.2, 0) is 14.2 Å². The number of amides is 1. The molecule has 1 saturated carbocycles. The van der Waals surface area contributed by atoms with E-state index in [-0.39, 0.29) is 12.0 Å². The van der Waals surface area contributed by atoms with Gasteiger partial charge in [-0.1, -0.05) is 12.5 Å². The normalized spacial score (nSPS) is 27.4. The number of alkyl carbamates (subject to hydrolysis) is 1. The number of hydrogen-bond acceptors (Lipinski definition) is 4. The van der Waals surface area contributed by atoms with Crippen molar-refractivity contribution in [1.82, 2.24) is 5.32 Å². The molecule has 0 bridgehead atoms. The van der Waals surface area contributed by atoms with Gasteiger partial charge in [-0.05, 0) is 52.9 Å². The van der Waals surface area contributed by atoms with E-state index >= 15 is 0 Å². The quantitative estimate of drug-likeness (QED) is 0.799. The Bertz CT molecular complexity index is 410. The lowest BCUT2D eigenvalue weighted by Crippen LogP contribution is -2.63. The molecule has 2 rings (SSSR count). The summed E-state index contributed by atoms with van der Waals surface area (Å²) in [5, 5.41) is 3.01. The monoisotopic (exact) mass is 325 g/mol. The zero-order chi connectivity index (χ0) is 16.9. The SMILES string of the molecule is C=CCC[C@H]1CCC[C@@H](NC(=O)OC(C)(C)C)C12OCCCO2. The Hall–Kier alpha value is -1.07. The highest BCUT2D eigenvalue weighted by Gasteiger charge is 2.51. The molecule has 1 spiro atoms. The van der Waals surface area contributed by atoms with Gasteiger partial charge >= 0.3 is 6.09 Å². The smallest absolute Gasteiger partial charge is 0.408 e. The summed E-state index contributed by atoms with van der Waals surface area (Å²) in [7, 11) is 0. The molecule has 1 N–H and O–H groups in total. The van der Waals surface area contributed by atoms with Crippen LogP contribution < -0.4 is 5.32 Å². The molecule has 1 saturated heterocycles. The highest BCUT2D eigenvalue weighted by atomic mass is 16.7. The van der Waals surface area contributed by atoms with Crippen molar-refractivity contribution >= 4 is 6.09 Å². The van der Waals surface area contributed by atoms with Crippen molar-refractivity contribution in [3.63, 3.8) is 0 Å². The van der Waals surface area contributed by atoms with Crippen LogP contribution in [-0.4, -0.2) is 36.7 Å². The molecule has 2 aliphatic rings. The fourth-order valence-electron chi connectivity index (χ4n) is 3.54. The van der Waals surface area contributed by atoms with Crippen LogP contribution in [0.3, 0.4) is 0 Å². The summed E-state index contributed by atoms with van der Waals surface area (Å²) in [6, 6.07) is -0.166. The van der Waals surface area contributed by atoms with Crippen LogP contribution in [0.25, 0.3) is 0 Å². The van der Waals surface area contributed by atoms with Gasteiger partial charge in [0, 0.05) is 5.92 Å². The number of rotatable bonds is 4. The molecule has 5 heteroatoms. The van der Waals surface area contributed by atoms with E-state index in [1.54, 1.807) is 0 Å². The number of hydrogen-bond donors (Lipinski definition) is 1. The van der Waals surface area contributed by atoms with Crippen LogP contribution in [0.4, 0.5) is 4.79 Å². The van der Waals surface area contributed by atoms with E-state index in [0.717, 1.165) is 38.5 Å². The second kappa shape index (κ2) is 7.67. The van der Waals surface area contributed by atoms with Gasteiger partial charge in [0.2, 0.25) is 0 Å². The molecule has 2 atom stereocenters. The second-order valence-electron chi connectivity index (χ2n) is 7.46. The van der Waals surface area contributed by atoms with E-state index in [0.29, 0.717) is 13.2 Å². The third-order valence-corrected chi connectivity index (χ3v) is 4.45. The minimum absolute atomic E-state index is 0.166. The number of ether oxygens (including phenoxy) is 3. The van der Waals surface area contributed by atoms with Crippen molar-refractivity contribution in [1.29, 1.82) is 0 Å². The van der Waals surface area contributed by atoms with Gasteiger partial charge in [0.05, 0.1) is 19.3 Å². The van der Waals surface area contributed by atoms with Gasteiger partial charge in [0.25, 0.3) is 0 Å². The number of carbonyl (C=O) groups is 1. The first-order valence-electron chi connectivity index (χ1n) is 8.76. The van der Waals surface area contributed by atoms with Gasteiger partial charge in [-0.3, -0.25) is 0 Å². The third kappa shape index (κ3) is 4.70. The van der Waals surface area contributed by atoms with Crippen LogP contribution in [0.1, 0.15) is 59.3 Å². The van der Waals surface area contributed by atoms with Gasteiger partial charge in [-0.25, -0.2) is 4.79 Å². The summed E-state index contributed by atoms with van der Waals surface area (Å²) < 4.78 is 17.7. The average molecular weight is 325 g/mol. The predicted molar refractivity (Wildman–Crippen MR) is 89.2 cm³/mol. The average Bonchev–Trinajstić information content (AvgIpc) is 2.47. The molecule has 1 heterocycles. The van der Waals surface area contributed by atoms with Gasteiger partial charge in [0.1, 0.15) is 5.60 Å². The van der Waals surface area contributed by atoms with E-state index in [4.69, 9.17) is 14.2 Å². The fourth-order valence-corrected chi connectivity index (χ4v) is 3.54. The number of allylic oxidation sites excluding steroid dienone is 1. The van der Waals surface area contributed by atoms with Crippen LogP contribution in [0.15, 0.2) is 12.7 Å². The Morgan fingerprint density at radius 3 is 2.61 bits per heavy atom. The van der Waals surface area contributed by atoms with Crippen LogP contribution in [0, 0.1) is 5.92 Å². The van der Waals surface area contributed by atoms with Crippen molar-refractivity contribution in [2.75, 3.05) is 13.2 Å². The molecule has 0 aromatic rings. The Morgan fingerprint density at radius 2 is 2.00 bits per heavy atom. The maximum absolute atomic E-state index is 12.2. The van der Waals surface area contributed by atoms with Gasteiger partial charge in [-0.15, -0.1) is 6.58 Å². The topological polar surface area (TPSA) is 56.8 Å². The molecule has 0 aromatic carbocycles. The predicted octanol–water partition coefficient (Wildman–Crippen LogP) is 3.78. The summed E-state index contributed by atoms with van der Waals surface area (Å²) in [6.45, 7) is 10.8. The lowest BCUT2D eigenvalue weighted by molar-refractivity contribution is -0.317. The summed E-state index contributed by atoms with van der Waals surface area (Å²) in [5.74, 6) is -0.439. The second-order valence-corrected chi connectivity index (χ2v) is 7.46. The molecule has 0 unspecified atom stereocenters. The van der Waals surface area contributed by atoms with Crippen LogP contribution >= 0.6 is 0 Å². The molecule has 1 aliphatic heterocycles. The standard InChI is InChI=1S/C18H31NO4/c1-5-6-9-14-10-7-11-15(18(14)21-12-8-13-22-18)19-16(20)23-17(2,3)4/h5,14-15H,1,6-13H2,2-4H3,(H,19,20)/t14-,15+/m0/s1. The van der Waals surface area contributed by atoms with Gasteiger partial charge in [0.15, 0.2) is 5.79 Å². The van der Waals surface area contributed by atoms with Crippen LogP contribution in [0.2, 0.25) is 0 Å². The Balaban J connectivity index is 2.11. The number of nitrogens with one attached hydrogen (secondary N) is 1. The largest absolute Gasteiger partial charge is 0.444 e. The molecule has 2 fully saturated rings. The number of carbonyl (C=O) groups excluding carboxylic acids is 1. The maximum atomic E-state index is 12.2. The van der Waals surface area contributed by atoms with Crippen molar-refractivity contribution < 1.29 is 19.0 Å². The molecule has 132 valence electrons. The van der Waals surface area contributed by atoms with E-state index in [9.17, 15) is 4.79 Å². The molecule has 23 heavy (non-hydrogen) atoms. The maximum Gasteiger partial charge on any atom is 0.408 e. The van der Waals surface area contributed by atoms with Gasteiger partial charge in [-0.2, -0.15) is 0 Å². The molecular formula is C18H31NO4. The molecule has 1 amide bonds. The van der Waals surface area contributed by atoms with Crippen molar-refractivity contribution in [3.05, 3.63) is 12.7 Å². The lowest BCUT2D eigenvalue weighted by atomic mass is 9.76. The van der Waals surface area contributed by atoms with Gasteiger partial charge < -0.3 is 19.5 Å². The fraction of sp³-hybridized carbons (Fsp3) is 0.833. The Kier molecular flexibility index (Phi) is 6.09. The summed E-state index contributed by atoms with van der Waals surface area (Å²) in [6.07, 6.45) is 7.29. The Morgan fingerprint density at radius 1 is 1.30 bits per heavy atom. The Labute approximate surface area is 139 Å². The van der Waals surface area contributed by atoms with E-state index < -0.39 is 17.5 Å². The summed E-state index contributed by atoms with van der Waals surface area (Å²) >= 11 is 0. The zero-order valence-electron chi connectivity index (χ0n) is 14.7. The van der Waals surface area contributed by atoms with Crippen molar-refractivity contribution in [3.8, 4) is 0 Å². The summed E-state index contributed by atoms with van der Waals surface area (Å²) in [4.78, 5) is 12.2. The van der Waals surface area contributed by atoms with E-state index in [2.05, 4.69) is 11.9 Å². The first kappa shape index (κ1) is 18.3. The first-order valence-corrected chi connectivity index (χ1v) is 8.76. The minimum atomic E-state index is -0.712. The first-order chi connectivity index (χ1) is 10.9. The molecule has 0 radical (unpaired) electrons. The molecule has 0 aromatic heterocycles. The zero-order valence-corrected chi connectivity index (χ0v) is 14.7. The summed E-state index contributed by atoms with van der Waals surface area (Å²) in [5.41, 5.74) is -0.511. The molecular weight excluding hydrogens is 294 g/mol. The van der Waals surface area contributed by atoms with Crippen LogP contribution in [0.5, 0.6) is 0 Å². The van der Waals surface area contributed by atoms with E-state index in [1.807, 2.05) is 26.8 Å². The van der Waals surface area contributed by atoms with Crippen molar-refractivity contribution in [2.24, 2.45) is 5.92 Å². The molecule has 5 nitrogen and oxygen atoms in total. The third-order valence-electron chi connectivity index (χ3n) is 4.45. The van der Waals surface area contributed by atoms with E-state index in [1.165, 1.54) is 0 Å². The molecule has 1 aliphatic carbocycles.